The number of nitrogens with zero attached hydrogens (tertiary/aromatic N) is 1. The van der Waals surface area contributed by atoms with Gasteiger partial charge in [-0.2, -0.15) is 0 Å². The molecule has 1 fully saturated rings. The topological polar surface area (TPSA) is 50.9 Å². The molecule has 0 saturated heterocycles. The van der Waals surface area contributed by atoms with Gasteiger partial charge in [0.15, 0.2) is 0 Å². The van der Waals surface area contributed by atoms with Crippen LogP contribution < -0.4 is 11.1 Å². The van der Waals surface area contributed by atoms with Crippen molar-refractivity contribution >= 4 is 16.6 Å². The van der Waals surface area contributed by atoms with Crippen molar-refractivity contribution in [3.8, 4) is 0 Å². The van der Waals surface area contributed by atoms with E-state index in [0.717, 1.165) is 42.6 Å². The van der Waals surface area contributed by atoms with Crippen molar-refractivity contribution in [3.05, 3.63) is 36.0 Å². The van der Waals surface area contributed by atoms with Crippen molar-refractivity contribution in [3.63, 3.8) is 0 Å². The second-order valence-electron chi connectivity index (χ2n) is 5.59. The Kier molecular flexibility index (Phi) is 3.38. The van der Waals surface area contributed by atoms with Gasteiger partial charge in [-0.1, -0.05) is 18.2 Å². The molecule has 3 heteroatoms. The Balaban J connectivity index is 1.86. The van der Waals surface area contributed by atoms with Crippen molar-refractivity contribution in [1.82, 2.24) is 4.98 Å². The minimum absolute atomic E-state index is 0.394. The molecule has 3 N–H and O–H groups in total. The highest BCUT2D eigenvalue weighted by Gasteiger charge is 2.18. The van der Waals surface area contributed by atoms with Gasteiger partial charge in [-0.25, -0.2) is 0 Å². The maximum atomic E-state index is 5.96. The van der Waals surface area contributed by atoms with Gasteiger partial charge in [0, 0.05) is 23.2 Å². The number of nitrogens with two attached hydrogens (primary N) is 1. The number of para-hydroxylation sites is 1. The van der Waals surface area contributed by atoms with E-state index in [4.69, 9.17) is 5.73 Å². The van der Waals surface area contributed by atoms with E-state index in [1.165, 1.54) is 5.39 Å². The number of fused-ring (bicyclic) bond motifs is 1. The van der Waals surface area contributed by atoms with Crippen LogP contribution in [0.5, 0.6) is 0 Å². The van der Waals surface area contributed by atoms with E-state index in [0.29, 0.717) is 12.1 Å². The molecule has 1 aromatic carbocycles. The van der Waals surface area contributed by atoms with Crippen LogP contribution in [0, 0.1) is 6.92 Å². The minimum Gasteiger partial charge on any atom is -0.381 e. The first-order chi connectivity index (χ1) is 9.22. The van der Waals surface area contributed by atoms with Gasteiger partial charge in [0.25, 0.3) is 0 Å². The number of aromatic nitrogens is 1. The van der Waals surface area contributed by atoms with Crippen LogP contribution in [0.15, 0.2) is 30.3 Å². The maximum absolute atomic E-state index is 5.96. The molecule has 0 amide bonds. The SMILES string of the molecule is Cc1ccc2cccc(NC3CCC(N)CC3)c2n1. The second-order valence-corrected chi connectivity index (χ2v) is 5.59. The van der Waals surface area contributed by atoms with Gasteiger partial charge in [0.1, 0.15) is 0 Å². The van der Waals surface area contributed by atoms with Gasteiger partial charge >= 0.3 is 0 Å². The van der Waals surface area contributed by atoms with E-state index >= 15 is 0 Å². The summed E-state index contributed by atoms with van der Waals surface area (Å²) in [7, 11) is 0. The zero-order valence-electron chi connectivity index (χ0n) is 11.4. The number of rotatable bonds is 2. The Labute approximate surface area is 114 Å². The molecule has 1 saturated carbocycles. The summed E-state index contributed by atoms with van der Waals surface area (Å²) in [6, 6.07) is 11.5. The zero-order valence-corrected chi connectivity index (χ0v) is 11.4. The Bertz CT molecular complexity index is 571. The first kappa shape index (κ1) is 12.4. The molecule has 1 heterocycles. The predicted octanol–water partition coefficient (Wildman–Crippen LogP) is 3.23. The van der Waals surface area contributed by atoms with Crippen LogP contribution in [-0.2, 0) is 0 Å². The molecular weight excluding hydrogens is 234 g/mol. The highest BCUT2D eigenvalue weighted by Crippen LogP contribution is 2.26. The van der Waals surface area contributed by atoms with Crippen LogP contribution in [-0.4, -0.2) is 17.1 Å². The van der Waals surface area contributed by atoms with Crippen LogP contribution in [0.25, 0.3) is 10.9 Å². The van der Waals surface area contributed by atoms with Crippen LogP contribution in [0.4, 0.5) is 5.69 Å². The van der Waals surface area contributed by atoms with Crippen molar-refractivity contribution < 1.29 is 0 Å². The van der Waals surface area contributed by atoms with Gasteiger partial charge in [-0.05, 0) is 44.7 Å². The van der Waals surface area contributed by atoms with Gasteiger partial charge in [0.05, 0.1) is 11.2 Å². The summed E-state index contributed by atoms with van der Waals surface area (Å²) in [6.45, 7) is 2.04. The molecule has 1 aliphatic carbocycles. The van der Waals surface area contributed by atoms with Crippen LogP contribution >= 0.6 is 0 Å². The minimum atomic E-state index is 0.394. The molecule has 1 aromatic heterocycles. The monoisotopic (exact) mass is 255 g/mol. The summed E-state index contributed by atoms with van der Waals surface area (Å²) in [4.78, 5) is 4.67. The smallest absolute Gasteiger partial charge is 0.0936 e. The van der Waals surface area contributed by atoms with Gasteiger partial charge in [-0.3, -0.25) is 4.98 Å². The lowest BCUT2D eigenvalue weighted by Crippen LogP contribution is -2.32. The van der Waals surface area contributed by atoms with Crippen molar-refractivity contribution in [2.45, 2.75) is 44.7 Å². The molecular formula is C16H21N3. The van der Waals surface area contributed by atoms with E-state index < -0.39 is 0 Å². The Morgan fingerprint density at radius 1 is 1.11 bits per heavy atom. The lowest BCUT2D eigenvalue weighted by atomic mass is 9.91. The Morgan fingerprint density at radius 2 is 1.89 bits per heavy atom. The van der Waals surface area contributed by atoms with Gasteiger partial charge in [-0.15, -0.1) is 0 Å². The van der Waals surface area contributed by atoms with E-state index in [2.05, 4.69) is 40.6 Å². The number of hydrogen-bond acceptors (Lipinski definition) is 3. The van der Waals surface area contributed by atoms with E-state index in [9.17, 15) is 0 Å². The van der Waals surface area contributed by atoms with Crippen molar-refractivity contribution in [2.75, 3.05) is 5.32 Å². The lowest BCUT2D eigenvalue weighted by molar-refractivity contribution is 0.411. The molecule has 0 unspecified atom stereocenters. The Morgan fingerprint density at radius 3 is 2.68 bits per heavy atom. The maximum Gasteiger partial charge on any atom is 0.0936 e. The van der Waals surface area contributed by atoms with Gasteiger partial charge < -0.3 is 11.1 Å². The van der Waals surface area contributed by atoms with Crippen LogP contribution in [0.2, 0.25) is 0 Å². The highest BCUT2D eigenvalue weighted by atomic mass is 14.9. The second kappa shape index (κ2) is 5.17. The van der Waals surface area contributed by atoms with Crippen molar-refractivity contribution in [1.29, 1.82) is 0 Å². The number of pyridine rings is 1. The molecule has 1 aliphatic rings. The number of anilines is 1. The van der Waals surface area contributed by atoms with Crippen LogP contribution in [0.3, 0.4) is 0 Å². The third-order valence-electron chi connectivity index (χ3n) is 3.99. The summed E-state index contributed by atoms with van der Waals surface area (Å²) in [5.74, 6) is 0. The summed E-state index contributed by atoms with van der Waals surface area (Å²) >= 11 is 0. The fraction of sp³-hybridized carbons (Fsp3) is 0.438. The molecule has 3 rings (SSSR count). The largest absolute Gasteiger partial charge is 0.381 e. The molecule has 0 spiro atoms. The molecule has 19 heavy (non-hydrogen) atoms. The average Bonchev–Trinajstić information content (AvgIpc) is 2.42. The third kappa shape index (κ3) is 2.71. The molecule has 100 valence electrons. The van der Waals surface area contributed by atoms with Gasteiger partial charge in [0.2, 0.25) is 0 Å². The summed E-state index contributed by atoms with van der Waals surface area (Å²) < 4.78 is 0. The molecule has 3 nitrogen and oxygen atoms in total. The quantitative estimate of drug-likeness (QED) is 0.866. The van der Waals surface area contributed by atoms with E-state index in [1.807, 2.05) is 6.92 Å². The lowest BCUT2D eigenvalue weighted by Gasteiger charge is -2.28. The predicted molar refractivity (Wildman–Crippen MR) is 80.3 cm³/mol. The fourth-order valence-electron chi connectivity index (χ4n) is 2.84. The first-order valence-corrected chi connectivity index (χ1v) is 7.11. The molecule has 0 bridgehead atoms. The van der Waals surface area contributed by atoms with E-state index in [1.54, 1.807) is 0 Å². The summed E-state index contributed by atoms with van der Waals surface area (Å²) in [6.07, 6.45) is 4.55. The molecule has 2 aromatic rings. The van der Waals surface area contributed by atoms with Crippen LogP contribution in [0.1, 0.15) is 31.4 Å². The van der Waals surface area contributed by atoms with E-state index in [-0.39, 0.29) is 0 Å². The number of hydrogen-bond donors (Lipinski definition) is 2. The highest BCUT2D eigenvalue weighted by molar-refractivity contribution is 5.90. The average molecular weight is 255 g/mol. The number of nitrogens with one attached hydrogen (secondary N) is 1. The van der Waals surface area contributed by atoms with Crippen molar-refractivity contribution in [2.24, 2.45) is 5.73 Å². The number of benzene rings is 1. The molecule has 0 atom stereocenters. The first-order valence-electron chi connectivity index (χ1n) is 7.11. The number of aryl methyl sites for hydroxylation is 1. The zero-order chi connectivity index (χ0) is 13.2. The summed E-state index contributed by atoms with van der Waals surface area (Å²) in [5, 5.41) is 4.85. The third-order valence-corrected chi connectivity index (χ3v) is 3.99. The normalized spacial score (nSPS) is 23.5. The Hall–Kier alpha value is -1.61. The molecule has 0 radical (unpaired) electrons. The standard InChI is InChI=1S/C16H21N3/c1-11-5-6-12-3-2-4-15(16(12)18-11)19-14-9-7-13(17)8-10-14/h2-6,13-14,19H,7-10,17H2,1H3. The summed E-state index contributed by atoms with van der Waals surface area (Å²) in [5.41, 5.74) is 9.26. The fourth-order valence-corrected chi connectivity index (χ4v) is 2.84. The molecule has 0 aliphatic heterocycles.